The Labute approximate surface area is 289 Å². The molecule has 0 aliphatic rings. The largest absolute Gasteiger partial charge is 0.480 e. The molecule has 17 heteroatoms. The Balaban J connectivity index is 2.18. The standard InChI is InChI=1S/C32H45ClN8O8/c33-24-15-13-22(14-16-24)19-26(29(43)38-25(31(45)46)11-8-18-36-32(35)40-41(47)48)39-30(44)27(21-49-20-23-9-4-3-5-10-23)37-28(42)12-6-1-2-7-17-34/h3-5,9-10,13-16,25-27H,1-2,6-8,11-12,17-21,34H2,(H,37,42)(H,38,43)(H,39,44)(H,45,46)(H3,35,36,40)/t25-,26+,27-/m0/s1. The number of aliphatic carboxylic acids is 1. The van der Waals surface area contributed by atoms with Crippen molar-refractivity contribution in [2.75, 3.05) is 19.7 Å². The second-order valence-corrected chi connectivity index (χ2v) is 11.6. The summed E-state index contributed by atoms with van der Waals surface area (Å²) < 4.78 is 5.78. The molecule has 49 heavy (non-hydrogen) atoms. The van der Waals surface area contributed by atoms with E-state index < -0.39 is 46.9 Å². The predicted octanol–water partition coefficient (Wildman–Crippen LogP) is 1.42. The minimum Gasteiger partial charge on any atom is -0.480 e. The van der Waals surface area contributed by atoms with Gasteiger partial charge in [-0.15, -0.1) is 0 Å². The van der Waals surface area contributed by atoms with Gasteiger partial charge in [-0.2, -0.15) is 0 Å². The van der Waals surface area contributed by atoms with Gasteiger partial charge in [0.15, 0.2) is 5.03 Å². The number of nitrogens with zero attached hydrogens (tertiary/aromatic N) is 2. The lowest BCUT2D eigenvalue weighted by Gasteiger charge is -2.25. The van der Waals surface area contributed by atoms with Crippen LogP contribution in [0.3, 0.4) is 0 Å². The van der Waals surface area contributed by atoms with E-state index in [1.807, 2.05) is 30.3 Å². The zero-order valence-corrected chi connectivity index (χ0v) is 27.9. The smallest absolute Gasteiger partial charge is 0.326 e. The molecule has 0 aliphatic carbocycles. The molecule has 0 fully saturated rings. The number of halogens is 1. The van der Waals surface area contributed by atoms with Crippen LogP contribution in [0.1, 0.15) is 56.1 Å². The highest BCUT2D eigenvalue weighted by atomic mass is 35.5. The van der Waals surface area contributed by atoms with Gasteiger partial charge in [0.1, 0.15) is 23.2 Å². The van der Waals surface area contributed by atoms with Crippen molar-refractivity contribution >= 4 is 41.3 Å². The average molecular weight is 705 g/mol. The predicted molar refractivity (Wildman–Crippen MR) is 183 cm³/mol. The lowest BCUT2D eigenvalue weighted by molar-refractivity contribution is -0.485. The number of nitrogens with two attached hydrogens (primary N) is 2. The van der Waals surface area contributed by atoms with Gasteiger partial charge in [0.2, 0.25) is 17.7 Å². The summed E-state index contributed by atoms with van der Waals surface area (Å²) in [5.74, 6) is -3.63. The molecule has 2 aromatic rings. The summed E-state index contributed by atoms with van der Waals surface area (Å²) >= 11 is 6.02. The molecule has 0 spiro atoms. The van der Waals surface area contributed by atoms with E-state index in [9.17, 15) is 34.4 Å². The second kappa shape index (κ2) is 22.7. The highest BCUT2D eigenvalue weighted by molar-refractivity contribution is 6.30. The maximum atomic E-state index is 13.6. The topological polar surface area (TPSA) is 253 Å². The van der Waals surface area contributed by atoms with E-state index in [2.05, 4.69) is 26.4 Å². The third kappa shape index (κ3) is 17.2. The number of nitro groups is 1. The first-order valence-electron chi connectivity index (χ1n) is 15.9. The minimum atomic E-state index is -1.36. The molecular weight excluding hydrogens is 660 g/mol. The highest BCUT2D eigenvalue weighted by Crippen LogP contribution is 2.12. The van der Waals surface area contributed by atoms with E-state index in [4.69, 9.17) is 27.8 Å². The number of rotatable bonds is 23. The number of nitrogens with one attached hydrogen (secondary N) is 4. The number of hydrogen-bond acceptors (Lipinski definition) is 8. The first kappa shape index (κ1) is 40.4. The number of carbonyl (C=O) groups excluding carboxylic acids is 3. The molecule has 0 radical (unpaired) electrons. The van der Waals surface area contributed by atoms with E-state index in [1.165, 1.54) is 0 Å². The van der Waals surface area contributed by atoms with Crippen LogP contribution in [-0.4, -0.2) is 77.6 Å². The first-order valence-corrected chi connectivity index (χ1v) is 16.3. The van der Waals surface area contributed by atoms with E-state index in [1.54, 1.807) is 24.3 Å². The lowest BCUT2D eigenvalue weighted by Crippen LogP contribution is -2.57. The Kier molecular flexibility index (Phi) is 18.7. The van der Waals surface area contributed by atoms with Gasteiger partial charge in [0, 0.05) is 24.4 Å². The molecule has 16 nitrogen and oxygen atoms in total. The number of guanidine groups is 1. The number of carbonyl (C=O) groups is 4. The summed E-state index contributed by atoms with van der Waals surface area (Å²) in [4.78, 5) is 62.4. The van der Waals surface area contributed by atoms with Crippen molar-refractivity contribution in [1.82, 2.24) is 21.3 Å². The summed E-state index contributed by atoms with van der Waals surface area (Å²) in [6.07, 6.45) is 3.38. The molecule has 0 saturated heterocycles. The van der Waals surface area contributed by atoms with Crippen molar-refractivity contribution in [2.24, 2.45) is 16.6 Å². The van der Waals surface area contributed by atoms with Gasteiger partial charge >= 0.3 is 5.97 Å². The van der Waals surface area contributed by atoms with Gasteiger partial charge in [-0.1, -0.05) is 66.9 Å². The van der Waals surface area contributed by atoms with Gasteiger partial charge in [-0.3, -0.25) is 14.4 Å². The number of benzene rings is 2. The van der Waals surface area contributed by atoms with E-state index in [0.29, 0.717) is 23.6 Å². The minimum absolute atomic E-state index is 0.0246. The molecule has 0 aromatic heterocycles. The van der Waals surface area contributed by atoms with Gasteiger partial charge in [-0.05, 0) is 55.5 Å². The number of amides is 3. The van der Waals surface area contributed by atoms with Crippen molar-refractivity contribution < 1.29 is 34.1 Å². The third-order valence-corrected chi connectivity index (χ3v) is 7.42. The molecule has 0 unspecified atom stereocenters. The monoisotopic (exact) mass is 704 g/mol. The van der Waals surface area contributed by atoms with Crippen molar-refractivity contribution in [3.05, 3.63) is 80.9 Å². The average Bonchev–Trinajstić information content (AvgIpc) is 3.06. The second-order valence-electron chi connectivity index (χ2n) is 11.2. The van der Waals surface area contributed by atoms with Gasteiger partial charge in [-0.25, -0.2) is 14.9 Å². The van der Waals surface area contributed by atoms with Crippen LogP contribution in [0.5, 0.6) is 0 Å². The summed E-state index contributed by atoms with van der Waals surface area (Å²) in [6.45, 7) is 0.597. The summed E-state index contributed by atoms with van der Waals surface area (Å²) in [5, 5.41) is 32.9. The molecule has 0 saturated carbocycles. The molecule has 2 aromatic carbocycles. The van der Waals surface area contributed by atoms with Crippen LogP contribution in [-0.2, 0) is 36.9 Å². The third-order valence-electron chi connectivity index (χ3n) is 7.17. The molecule has 3 amide bonds. The van der Waals surface area contributed by atoms with Crippen molar-refractivity contribution in [3.63, 3.8) is 0 Å². The Morgan fingerprint density at radius 2 is 1.53 bits per heavy atom. The number of hydrazone groups is 1. The summed E-state index contributed by atoms with van der Waals surface area (Å²) in [7, 11) is 0. The fraction of sp³-hybridized carbons (Fsp3) is 0.469. The Morgan fingerprint density at radius 3 is 2.18 bits per heavy atom. The SMILES string of the molecule is NCCCCCCC(=O)N[C@@H](COCc1ccccc1)C(=O)N[C@H](Cc1ccc(Cl)cc1)C(=O)N[C@@H](CCCNC(N)=N[N+](=O)[O-])C(=O)O. The van der Waals surface area contributed by atoms with Crippen molar-refractivity contribution in [2.45, 2.75) is 76.1 Å². The summed E-state index contributed by atoms with van der Waals surface area (Å²) in [5.41, 5.74) is 12.4. The summed E-state index contributed by atoms with van der Waals surface area (Å²) in [6, 6.07) is 12.0. The number of carboxylic acids is 1. The Bertz CT molecular complexity index is 1380. The van der Waals surface area contributed by atoms with Gasteiger partial charge < -0.3 is 42.6 Å². The van der Waals surface area contributed by atoms with Crippen LogP contribution in [0, 0.1) is 10.1 Å². The van der Waals surface area contributed by atoms with Crippen molar-refractivity contribution in [1.29, 1.82) is 0 Å². The van der Waals surface area contributed by atoms with E-state index >= 15 is 0 Å². The van der Waals surface area contributed by atoms with Crippen molar-refractivity contribution in [3.8, 4) is 0 Å². The normalized spacial score (nSPS) is 13.1. The fourth-order valence-electron chi connectivity index (χ4n) is 4.62. The van der Waals surface area contributed by atoms with Crippen LogP contribution in [0.2, 0.25) is 5.02 Å². The molecular formula is C32H45ClN8O8. The zero-order chi connectivity index (χ0) is 36.0. The molecule has 2 rings (SSSR count). The molecule has 0 aliphatic heterocycles. The number of hydrogen-bond donors (Lipinski definition) is 7. The van der Waals surface area contributed by atoms with E-state index in [-0.39, 0.29) is 51.3 Å². The van der Waals surface area contributed by atoms with Gasteiger partial charge in [0.25, 0.3) is 5.96 Å². The van der Waals surface area contributed by atoms with Crippen LogP contribution < -0.4 is 32.7 Å². The van der Waals surface area contributed by atoms with Gasteiger partial charge in [0.05, 0.1) is 13.2 Å². The van der Waals surface area contributed by atoms with Crippen LogP contribution in [0.15, 0.2) is 59.7 Å². The first-order chi connectivity index (χ1) is 23.5. The number of ether oxygens (including phenoxy) is 1. The molecule has 9 N–H and O–H groups in total. The molecule has 0 heterocycles. The number of carboxylic acid groups (broad SMARTS) is 1. The fourth-order valence-corrected chi connectivity index (χ4v) is 4.74. The molecule has 268 valence electrons. The highest BCUT2D eigenvalue weighted by Gasteiger charge is 2.30. The molecule has 0 bridgehead atoms. The number of unbranched alkanes of at least 4 members (excludes halogenated alkanes) is 3. The van der Waals surface area contributed by atoms with E-state index in [0.717, 1.165) is 24.8 Å². The van der Waals surface area contributed by atoms with Crippen LogP contribution in [0.25, 0.3) is 0 Å². The van der Waals surface area contributed by atoms with Crippen LogP contribution >= 0.6 is 11.6 Å². The Hall–Kier alpha value is -4.80. The van der Waals surface area contributed by atoms with Crippen LogP contribution in [0.4, 0.5) is 0 Å². The maximum absolute atomic E-state index is 13.6. The molecule has 3 atom stereocenters. The maximum Gasteiger partial charge on any atom is 0.326 e. The zero-order valence-electron chi connectivity index (χ0n) is 27.1. The quantitative estimate of drug-likeness (QED) is 0.0286. The lowest BCUT2D eigenvalue weighted by atomic mass is 10.0. The Morgan fingerprint density at radius 1 is 0.878 bits per heavy atom.